The van der Waals surface area contributed by atoms with Crippen LogP contribution in [-0.4, -0.2) is 15.7 Å². The van der Waals surface area contributed by atoms with Crippen molar-refractivity contribution in [1.29, 1.82) is 0 Å². The Bertz CT molecular complexity index is 838. The molecule has 3 aromatic rings. The predicted molar refractivity (Wildman–Crippen MR) is 93.4 cm³/mol. The number of benzene rings is 2. The van der Waals surface area contributed by atoms with Gasteiger partial charge in [-0.05, 0) is 30.2 Å². The lowest BCUT2D eigenvalue weighted by atomic mass is 10.2. The summed E-state index contributed by atoms with van der Waals surface area (Å²) in [7, 11) is 0. The third-order valence-electron chi connectivity index (χ3n) is 3.32. The van der Waals surface area contributed by atoms with E-state index in [0.717, 1.165) is 16.8 Å². The monoisotopic (exact) mass is 310 g/mol. The largest absolute Gasteiger partial charge is 0.306 e. The first kappa shape index (κ1) is 14.9. The summed E-state index contributed by atoms with van der Waals surface area (Å²) in [6.07, 6.45) is 0. The molecule has 112 valence electrons. The third-order valence-corrected chi connectivity index (χ3v) is 4.76. The highest BCUT2D eigenvalue weighted by Crippen LogP contribution is 2.24. The molecular formula is C18H18N2OS. The van der Waals surface area contributed by atoms with Crippen LogP contribution in [0.3, 0.4) is 0 Å². The van der Waals surface area contributed by atoms with Crippen LogP contribution >= 0.6 is 11.8 Å². The minimum Gasteiger partial charge on any atom is -0.306 e. The van der Waals surface area contributed by atoms with E-state index in [1.807, 2.05) is 42.1 Å². The molecule has 0 amide bonds. The summed E-state index contributed by atoms with van der Waals surface area (Å²) in [6.45, 7) is 4.43. The first-order valence-electron chi connectivity index (χ1n) is 7.36. The number of aromatic amines is 1. The minimum absolute atomic E-state index is 0.0983. The van der Waals surface area contributed by atoms with Gasteiger partial charge in [-0.2, -0.15) is 0 Å². The lowest BCUT2D eigenvalue weighted by Crippen LogP contribution is -2.09. The van der Waals surface area contributed by atoms with Crippen LogP contribution in [0.2, 0.25) is 0 Å². The molecule has 1 heterocycles. The highest BCUT2D eigenvalue weighted by molar-refractivity contribution is 7.99. The van der Waals surface area contributed by atoms with Crippen LogP contribution in [0.15, 0.2) is 58.2 Å². The highest BCUT2D eigenvalue weighted by Gasteiger charge is 2.06. The number of thioether (sulfide) groups is 1. The van der Waals surface area contributed by atoms with Crippen LogP contribution in [0.4, 0.5) is 0 Å². The topological polar surface area (TPSA) is 45.8 Å². The van der Waals surface area contributed by atoms with E-state index in [2.05, 4.69) is 35.9 Å². The van der Waals surface area contributed by atoms with Crippen LogP contribution < -0.4 is 5.56 Å². The van der Waals surface area contributed by atoms with Gasteiger partial charge in [-0.15, -0.1) is 11.8 Å². The Labute approximate surface area is 133 Å². The van der Waals surface area contributed by atoms with Crippen molar-refractivity contribution < 1.29 is 0 Å². The van der Waals surface area contributed by atoms with E-state index in [9.17, 15) is 4.79 Å². The van der Waals surface area contributed by atoms with Gasteiger partial charge in [-0.1, -0.05) is 38.1 Å². The Morgan fingerprint density at radius 3 is 2.55 bits per heavy atom. The van der Waals surface area contributed by atoms with E-state index < -0.39 is 0 Å². The van der Waals surface area contributed by atoms with Crippen molar-refractivity contribution in [2.24, 2.45) is 5.92 Å². The quantitative estimate of drug-likeness (QED) is 0.729. The molecule has 0 spiro atoms. The molecular weight excluding hydrogens is 292 g/mol. The molecule has 0 radical (unpaired) electrons. The number of aromatic nitrogens is 2. The van der Waals surface area contributed by atoms with Gasteiger partial charge in [0, 0.05) is 16.2 Å². The van der Waals surface area contributed by atoms with E-state index in [0.29, 0.717) is 17.1 Å². The average molecular weight is 310 g/mol. The van der Waals surface area contributed by atoms with Crippen LogP contribution in [0.25, 0.3) is 22.3 Å². The summed E-state index contributed by atoms with van der Waals surface area (Å²) < 4.78 is 0. The summed E-state index contributed by atoms with van der Waals surface area (Å²) in [4.78, 5) is 20.8. The van der Waals surface area contributed by atoms with E-state index in [-0.39, 0.29) is 5.56 Å². The van der Waals surface area contributed by atoms with Crippen molar-refractivity contribution in [3.8, 4) is 11.4 Å². The van der Waals surface area contributed by atoms with Crippen molar-refractivity contribution >= 4 is 22.7 Å². The second-order valence-electron chi connectivity index (χ2n) is 5.66. The molecule has 3 rings (SSSR count). The van der Waals surface area contributed by atoms with Gasteiger partial charge in [0.25, 0.3) is 5.56 Å². The smallest absolute Gasteiger partial charge is 0.259 e. The molecule has 0 atom stereocenters. The number of para-hydroxylation sites is 1. The predicted octanol–water partition coefficient (Wildman–Crippen LogP) is 4.34. The van der Waals surface area contributed by atoms with Gasteiger partial charge < -0.3 is 4.98 Å². The second-order valence-corrected chi connectivity index (χ2v) is 6.75. The fourth-order valence-corrected chi connectivity index (χ4v) is 3.05. The molecule has 0 aliphatic rings. The Balaban J connectivity index is 1.92. The standard InChI is InChI=1S/C18H18N2OS/c1-12(2)11-22-14-9-7-13(8-10-14)17-19-16-6-4-3-5-15(16)18(21)20-17/h3-10,12H,11H2,1-2H3,(H,19,20,21). The van der Waals surface area contributed by atoms with E-state index in [4.69, 9.17) is 0 Å². The van der Waals surface area contributed by atoms with Gasteiger partial charge in [-0.3, -0.25) is 4.79 Å². The zero-order valence-electron chi connectivity index (χ0n) is 12.7. The lowest BCUT2D eigenvalue weighted by molar-refractivity contribution is 0.750. The van der Waals surface area contributed by atoms with Crippen LogP contribution in [0.1, 0.15) is 13.8 Å². The van der Waals surface area contributed by atoms with Crippen molar-refractivity contribution in [1.82, 2.24) is 9.97 Å². The lowest BCUT2D eigenvalue weighted by Gasteiger charge is -2.06. The molecule has 1 aromatic heterocycles. The van der Waals surface area contributed by atoms with Gasteiger partial charge in [-0.25, -0.2) is 4.98 Å². The number of nitrogens with zero attached hydrogens (tertiary/aromatic N) is 1. The molecule has 0 saturated carbocycles. The number of H-pyrrole nitrogens is 1. The van der Waals surface area contributed by atoms with Crippen molar-refractivity contribution in [3.63, 3.8) is 0 Å². The minimum atomic E-state index is -0.0983. The molecule has 0 saturated heterocycles. The van der Waals surface area contributed by atoms with Crippen LogP contribution in [-0.2, 0) is 0 Å². The summed E-state index contributed by atoms with van der Waals surface area (Å²) in [6, 6.07) is 15.6. The summed E-state index contributed by atoms with van der Waals surface area (Å²) in [5.74, 6) is 2.39. The second kappa shape index (κ2) is 6.36. The molecule has 0 fully saturated rings. The Morgan fingerprint density at radius 2 is 1.82 bits per heavy atom. The zero-order chi connectivity index (χ0) is 15.5. The fraction of sp³-hybridized carbons (Fsp3) is 0.222. The fourth-order valence-electron chi connectivity index (χ4n) is 2.20. The molecule has 0 aliphatic carbocycles. The Morgan fingerprint density at radius 1 is 1.09 bits per heavy atom. The van der Waals surface area contributed by atoms with Gasteiger partial charge >= 0.3 is 0 Å². The first-order valence-corrected chi connectivity index (χ1v) is 8.34. The Kier molecular flexibility index (Phi) is 4.29. The Hall–Kier alpha value is -2.07. The summed E-state index contributed by atoms with van der Waals surface area (Å²) in [5, 5.41) is 0.621. The molecule has 0 unspecified atom stereocenters. The van der Waals surface area contributed by atoms with Gasteiger partial charge in [0.1, 0.15) is 5.82 Å². The number of hydrogen-bond acceptors (Lipinski definition) is 3. The van der Waals surface area contributed by atoms with E-state index >= 15 is 0 Å². The zero-order valence-corrected chi connectivity index (χ0v) is 13.5. The SMILES string of the molecule is CC(C)CSc1ccc(-c2nc3ccccc3c(=O)[nH]2)cc1. The summed E-state index contributed by atoms with van der Waals surface area (Å²) in [5.41, 5.74) is 1.55. The van der Waals surface area contributed by atoms with Gasteiger partial charge in [0.05, 0.1) is 10.9 Å². The average Bonchev–Trinajstić information content (AvgIpc) is 2.53. The van der Waals surface area contributed by atoms with Crippen LogP contribution in [0.5, 0.6) is 0 Å². The molecule has 22 heavy (non-hydrogen) atoms. The molecule has 3 nitrogen and oxygen atoms in total. The van der Waals surface area contributed by atoms with Gasteiger partial charge in [0.2, 0.25) is 0 Å². The first-order chi connectivity index (χ1) is 10.6. The molecule has 1 N–H and O–H groups in total. The summed E-state index contributed by atoms with van der Waals surface area (Å²) >= 11 is 1.85. The van der Waals surface area contributed by atoms with Crippen molar-refractivity contribution in [2.75, 3.05) is 5.75 Å². The number of rotatable bonds is 4. The molecule has 0 bridgehead atoms. The number of nitrogens with one attached hydrogen (secondary N) is 1. The molecule has 0 aliphatic heterocycles. The van der Waals surface area contributed by atoms with E-state index in [1.165, 1.54) is 4.90 Å². The van der Waals surface area contributed by atoms with Crippen LogP contribution in [0, 0.1) is 5.92 Å². The third kappa shape index (κ3) is 3.22. The van der Waals surface area contributed by atoms with Crippen molar-refractivity contribution in [3.05, 3.63) is 58.9 Å². The number of hydrogen-bond donors (Lipinski definition) is 1. The van der Waals surface area contributed by atoms with Crippen molar-refractivity contribution in [2.45, 2.75) is 18.7 Å². The highest BCUT2D eigenvalue weighted by atomic mass is 32.2. The normalized spacial score (nSPS) is 11.2. The van der Waals surface area contributed by atoms with Gasteiger partial charge in [0.15, 0.2) is 0 Å². The molecule has 2 aromatic carbocycles. The maximum atomic E-state index is 12.1. The maximum Gasteiger partial charge on any atom is 0.259 e. The van der Waals surface area contributed by atoms with E-state index in [1.54, 1.807) is 6.07 Å². The number of fused-ring (bicyclic) bond motifs is 1. The maximum absolute atomic E-state index is 12.1. The molecule has 4 heteroatoms.